The van der Waals surface area contributed by atoms with Crippen molar-refractivity contribution >= 4 is 5.91 Å². The van der Waals surface area contributed by atoms with Crippen molar-refractivity contribution < 1.29 is 4.79 Å². The zero-order valence-corrected chi connectivity index (χ0v) is 9.71. The fourth-order valence-corrected chi connectivity index (χ4v) is 1.72. The first-order chi connectivity index (χ1) is 6.56. The van der Waals surface area contributed by atoms with Crippen molar-refractivity contribution in [2.24, 2.45) is 11.8 Å². The first-order valence-corrected chi connectivity index (χ1v) is 5.27. The molecule has 0 spiro atoms. The first-order valence-electron chi connectivity index (χ1n) is 5.27. The van der Waals surface area contributed by atoms with Crippen LogP contribution in [0.2, 0.25) is 0 Å². The van der Waals surface area contributed by atoms with Gasteiger partial charge < -0.3 is 4.90 Å². The van der Waals surface area contributed by atoms with Crippen molar-refractivity contribution in [1.82, 2.24) is 10.3 Å². The maximum Gasteiger partial charge on any atom is 0.237 e. The van der Waals surface area contributed by atoms with Crippen LogP contribution in [0.5, 0.6) is 0 Å². The van der Waals surface area contributed by atoms with Crippen LogP contribution in [0.1, 0.15) is 33.6 Å². The second-order valence-corrected chi connectivity index (χ2v) is 3.82. The van der Waals surface area contributed by atoms with Crippen LogP contribution >= 0.6 is 0 Å². The van der Waals surface area contributed by atoms with Gasteiger partial charge in [0, 0.05) is 18.5 Å². The molecule has 0 aromatic rings. The minimum Gasteiger partial charge on any atom is -0.303 e. The number of hydrazine groups is 1. The number of hydrogen-bond donors (Lipinski definition) is 2. The summed E-state index contributed by atoms with van der Waals surface area (Å²) in [5, 5.41) is 0. The maximum absolute atomic E-state index is 11.2. The Kier molecular flexibility index (Phi) is 6.49. The molecule has 0 aliphatic heterocycles. The summed E-state index contributed by atoms with van der Waals surface area (Å²) in [6, 6.07) is 0.558. The molecule has 84 valence electrons. The summed E-state index contributed by atoms with van der Waals surface area (Å²) in [5.41, 5.74) is 2.18. The van der Waals surface area contributed by atoms with Gasteiger partial charge in [0.15, 0.2) is 0 Å². The molecule has 1 atom stereocenters. The standard InChI is InChI=1S/C10H23N3O/c1-5-9(6-2)13(4)7-8(3)10(14)12-11/h8-9H,5-7,11H2,1-4H3,(H,12,14). The highest BCUT2D eigenvalue weighted by Crippen LogP contribution is 2.08. The highest BCUT2D eigenvalue weighted by atomic mass is 16.2. The number of nitrogens with zero attached hydrogens (tertiary/aromatic N) is 1. The van der Waals surface area contributed by atoms with E-state index in [0.717, 1.165) is 19.4 Å². The van der Waals surface area contributed by atoms with Crippen molar-refractivity contribution in [3.05, 3.63) is 0 Å². The number of nitrogens with two attached hydrogens (primary N) is 1. The lowest BCUT2D eigenvalue weighted by Gasteiger charge is -2.28. The molecule has 1 amide bonds. The van der Waals surface area contributed by atoms with E-state index in [2.05, 4.69) is 31.2 Å². The molecule has 0 aliphatic rings. The molecule has 0 saturated heterocycles. The summed E-state index contributed by atoms with van der Waals surface area (Å²) in [6.45, 7) is 6.98. The van der Waals surface area contributed by atoms with Gasteiger partial charge in [-0.3, -0.25) is 10.2 Å². The number of nitrogens with one attached hydrogen (secondary N) is 1. The van der Waals surface area contributed by atoms with Gasteiger partial charge in [-0.1, -0.05) is 20.8 Å². The van der Waals surface area contributed by atoms with Gasteiger partial charge in [0.1, 0.15) is 0 Å². The molecular weight excluding hydrogens is 178 g/mol. The lowest BCUT2D eigenvalue weighted by atomic mass is 10.1. The summed E-state index contributed by atoms with van der Waals surface area (Å²) >= 11 is 0. The molecule has 0 heterocycles. The van der Waals surface area contributed by atoms with Crippen molar-refractivity contribution in [3.8, 4) is 0 Å². The van der Waals surface area contributed by atoms with Gasteiger partial charge in [0.05, 0.1) is 0 Å². The molecule has 0 bridgehead atoms. The molecule has 0 fully saturated rings. The Hall–Kier alpha value is -0.610. The van der Waals surface area contributed by atoms with Crippen LogP contribution < -0.4 is 11.3 Å². The van der Waals surface area contributed by atoms with Crippen LogP contribution in [-0.2, 0) is 4.79 Å². The van der Waals surface area contributed by atoms with E-state index in [9.17, 15) is 4.79 Å². The van der Waals surface area contributed by atoms with Crippen molar-refractivity contribution in [1.29, 1.82) is 0 Å². The Morgan fingerprint density at radius 1 is 1.43 bits per heavy atom. The summed E-state index contributed by atoms with van der Waals surface area (Å²) in [7, 11) is 2.05. The number of amides is 1. The molecule has 0 rings (SSSR count). The Morgan fingerprint density at radius 3 is 2.29 bits per heavy atom. The second kappa shape index (κ2) is 6.79. The topological polar surface area (TPSA) is 58.4 Å². The number of carbonyl (C=O) groups excluding carboxylic acids is 1. The van der Waals surface area contributed by atoms with Crippen molar-refractivity contribution in [3.63, 3.8) is 0 Å². The van der Waals surface area contributed by atoms with Crippen LogP contribution in [-0.4, -0.2) is 30.4 Å². The molecule has 0 aliphatic carbocycles. The van der Waals surface area contributed by atoms with E-state index in [-0.39, 0.29) is 11.8 Å². The van der Waals surface area contributed by atoms with Crippen LogP contribution in [0.25, 0.3) is 0 Å². The van der Waals surface area contributed by atoms with E-state index < -0.39 is 0 Å². The van der Waals surface area contributed by atoms with Crippen LogP contribution in [0.3, 0.4) is 0 Å². The number of carbonyl (C=O) groups is 1. The van der Waals surface area contributed by atoms with Gasteiger partial charge in [-0.2, -0.15) is 0 Å². The molecule has 4 nitrogen and oxygen atoms in total. The minimum absolute atomic E-state index is 0.0504. The first kappa shape index (κ1) is 13.4. The van der Waals surface area contributed by atoms with Crippen LogP contribution in [0.4, 0.5) is 0 Å². The van der Waals surface area contributed by atoms with Gasteiger partial charge in [0.2, 0.25) is 5.91 Å². The monoisotopic (exact) mass is 201 g/mol. The summed E-state index contributed by atoms with van der Waals surface area (Å²) < 4.78 is 0. The highest BCUT2D eigenvalue weighted by Gasteiger charge is 2.17. The second-order valence-electron chi connectivity index (χ2n) is 3.82. The predicted octanol–water partition coefficient (Wildman–Crippen LogP) is 0.733. The van der Waals surface area contributed by atoms with Crippen LogP contribution in [0, 0.1) is 5.92 Å². The van der Waals surface area contributed by atoms with E-state index in [0.29, 0.717) is 6.04 Å². The molecule has 0 saturated carbocycles. The highest BCUT2D eigenvalue weighted by molar-refractivity contribution is 5.77. The normalized spacial score (nSPS) is 13.4. The smallest absolute Gasteiger partial charge is 0.237 e. The third kappa shape index (κ3) is 4.07. The van der Waals surface area contributed by atoms with Gasteiger partial charge in [-0.25, -0.2) is 5.84 Å². The lowest BCUT2D eigenvalue weighted by Crippen LogP contribution is -2.42. The SMILES string of the molecule is CCC(CC)N(C)CC(C)C(=O)NN. The van der Waals surface area contributed by atoms with Gasteiger partial charge in [-0.05, 0) is 19.9 Å². The Balaban J connectivity index is 4.03. The Bertz CT molecular complexity index is 169. The molecule has 1 unspecified atom stereocenters. The number of hydrogen-bond acceptors (Lipinski definition) is 3. The molecular formula is C10H23N3O. The van der Waals surface area contributed by atoms with E-state index in [1.54, 1.807) is 0 Å². The Labute approximate surface area is 86.8 Å². The van der Waals surface area contributed by atoms with E-state index >= 15 is 0 Å². The van der Waals surface area contributed by atoms with Gasteiger partial charge in [0.25, 0.3) is 0 Å². The minimum atomic E-state index is -0.0946. The fraction of sp³-hybridized carbons (Fsp3) is 0.900. The van der Waals surface area contributed by atoms with Crippen LogP contribution in [0.15, 0.2) is 0 Å². The molecule has 0 aromatic carbocycles. The summed E-state index contributed by atoms with van der Waals surface area (Å²) in [5.74, 6) is 4.93. The quantitative estimate of drug-likeness (QED) is 0.378. The summed E-state index contributed by atoms with van der Waals surface area (Å²) in [4.78, 5) is 13.4. The Morgan fingerprint density at radius 2 is 1.93 bits per heavy atom. The van der Waals surface area contributed by atoms with E-state index in [4.69, 9.17) is 5.84 Å². The average Bonchev–Trinajstić information content (AvgIpc) is 2.18. The molecule has 0 aromatic heterocycles. The van der Waals surface area contributed by atoms with Crippen molar-refractivity contribution in [2.45, 2.75) is 39.7 Å². The maximum atomic E-state index is 11.2. The zero-order valence-electron chi connectivity index (χ0n) is 9.71. The molecule has 14 heavy (non-hydrogen) atoms. The van der Waals surface area contributed by atoms with Gasteiger partial charge >= 0.3 is 0 Å². The van der Waals surface area contributed by atoms with Gasteiger partial charge in [-0.15, -0.1) is 0 Å². The van der Waals surface area contributed by atoms with E-state index in [1.165, 1.54) is 0 Å². The lowest BCUT2D eigenvalue weighted by molar-refractivity contribution is -0.125. The molecule has 4 heteroatoms. The third-order valence-electron chi connectivity index (χ3n) is 2.72. The summed E-state index contributed by atoms with van der Waals surface area (Å²) in [6.07, 6.45) is 2.23. The predicted molar refractivity (Wildman–Crippen MR) is 58.5 cm³/mol. The molecule has 0 radical (unpaired) electrons. The largest absolute Gasteiger partial charge is 0.303 e. The fourth-order valence-electron chi connectivity index (χ4n) is 1.72. The third-order valence-corrected chi connectivity index (χ3v) is 2.72. The number of rotatable bonds is 6. The van der Waals surface area contributed by atoms with E-state index in [1.807, 2.05) is 6.92 Å². The molecule has 3 N–H and O–H groups in total. The zero-order chi connectivity index (χ0) is 11.1. The van der Waals surface area contributed by atoms with Crippen molar-refractivity contribution in [2.75, 3.05) is 13.6 Å². The average molecular weight is 201 g/mol.